The molecule has 1 unspecified atom stereocenters. The second-order valence-corrected chi connectivity index (χ2v) is 5.16. The Morgan fingerprint density at radius 3 is 2.33 bits per heavy atom. The Morgan fingerprint density at radius 2 is 1.73 bits per heavy atom. The van der Waals surface area contributed by atoms with Crippen LogP contribution in [0.1, 0.15) is 58.8 Å². The fourth-order valence-corrected chi connectivity index (χ4v) is 2.17. The highest BCUT2D eigenvalue weighted by atomic mass is 31.1. The fourth-order valence-electron chi connectivity index (χ4n) is 1.41. The molecule has 0 aromatic carbocycles. The van der Waals surface area contributed by atoms with E-state index in [9.17, 15) is 4.57 Å². The number of rotatable bonds is 10. The van der Waals surface area contributed by atoms with Crippen LogP contribution in [-0.2, 0) is 9.09 Å². The van der Waals surface area contributed by atoms with E-state index in [0.29, 0.717) is 6.61 Å². The van der Waals surface area contributed by atoms with Gasteiger partial charge in [-0.1, -0.05) is 39.0 Å². The van der Waals surface area contributed by atoms with Crippen LogP contribution in [0.3, 0.4) is 0 Å². The van der Waals surface area contributed by atoms with Crippen LogP contribution in [0.2, 0.25) is 0 Å². The zero-order valence-corrected chi connectivity index (χ0v) is 11.0. The molecular formula is C12H24O2P+. The van der Waals surface area contributed by atoms with Gasteiger partial charge < -0.3 is 0 Å². The smallest absolute Gasteiger partial charge is 0.142 e. The molecule has 0 amide bonds. The minimum atomic E-state index is -1.61. The van der Waals surface area contributed by atoms with E-state index in [1.807, 2.05) is 6.92 Å². The number of hydrogen-bond donors (Lipinski definition) is 0. The molecule has 0 aliphatic rings. The van der Waals surface area contributed by atoms with Gasteiger partial charge in [0.15, 0.2) is 5.31 Å². The van der Waals surface area contributed by atoms with Crippen molar-refractivity contribution in [3.05, 3.63) is 11.9 Å². The molecule has 0 fully saturated rings. The van der Waals surface area contributed by atoms with Gasteiger partial charge in [-0.25, -0.2) is 0 Å². The molecule has 0 rings (SSSR count). The van der Waals surface area contributed by atoms with Gasteiger partial charge in [0.05, 0.1) is 0 Å². The summed E-state index contributed by atoms with van der Waals surface area (Å²) < 4.78 is 16.3. The molecule has 0 N–H and O–H groups in total. The first-order chi connectivity index (χ1) is 7.22. The average Bonchev–Trinajstić information content (AvgIpc) is 2.23. The zero-order chi connectivity index (χ0) is 11.5. The fraction of sp³-hybridized carbons (Fsp3) is 0.833. The number of allylic oxidation sites excluding steroid dienone is 1. The molecule has 2 nitrogen and oxygen atoms in total. The quantitative estimate of drug-likeness (QED) is 0.389. The van der Waals surface area contributed by atoms with E-state index in [4.69, 9.17) is 4.52 Å². The summed E-state index contributed by atoms with van der Waals surface area (Å²) in [5.74, 6) is 0. The maximum Gasteiger partial charge on any atom is 0.543 e. The predicted octanol–water partition coefficient (Wildman–Crippen LogP) is 5.03. The Kier molecular flexibility index (Phi) is 10.2. The van der Waals surface area contributed by atoms with E-state index >= 15 is 0 Å². The van der Waals surface area contributed by atoms with Crippen molar-refractivity contribution in [1.29, 1.82) is 0 Å². The summed E-state index contributed by atoms with van der Waals surface area (Å²) in [6.07, 6.45) is 8.37. The third-order valence-electron chi connectivity index (χ3n) is 2.32. The van der Waals surface area contributed by atoms with Crippen LogP contribution < -0.4 is 0 Å². The van der Waals surface area contributed by atoms with Crippen molar-refractivity contribution in [3.8, 4) is 0 Å². The molecule has 0 aromatic heterocycles. The third kappa shape index (κ3) is 8.77. The summed E-state index contributed by atoms with van der Waals surface area (Å²) in [7, 11) is -1.61. The maximum absolute atomic E-state index is 11.3. The monoisotopic (exact) mass is 231 g/mol. The van der Waals surface area contributed by atoms with E-state index in [1.54, 1.807) is 0 Å². The normalized spacial score (nSPS) is 11.5. The summed E-state index contributed by atoms with van der Waals surface area (Å²) >= 11 is 0. The third-order valence-corrected chi connectivity index (χ3v) is 3.56. The van der Waals surface area contributed by atoms with Gasteiger partial charge in [0.25, 0.3) is 0 Å². The minimum absolute atomic E-state index is 0.505. The molecular weight excluding hydrogens is 207 g/mol. The molecule has 15 heavy (non-hydrogen) atoms. The first kappa shape index (κ1) is 14.8. The number of unbranched alkanes of at least 4 members (excludes halogenated alkanes) is 5. The topological polar surface area (TPSA) is 26.3 Å². The first-order valence-corrected chi connectivity index (χ1v) is 7.18. The Morgan fingerprint density at radius 1 is 1.13 bits per heavy atom. The highest BCUT2D eigenvalue weighted by Crippen LogP contribution is 2.35. The van der Waals surface area contributed by atoms with Crippen molar-refractivity contribution in [1.82, 2.24) is 0 Å². The van der Waals surface area contributed by atoms with Crippen LogP contribution in [0.15, 0.2) is 11.9 Å². The summed E-state index contributed by atoms with van der Waals surface area (Å²) in [5, 5.41) is 0.766. The Bertz CT molecular complexity index is 190. The van der Waals surface area contributed by atoms with Crippen LogP contribution in [0.4, 0.5) is 0 Å². The second kappa shape index (κ2) is 10.3. The van der Waals surface area contributed by atoms with E-state index < -0.39 is 8.03 Å². The molecule has 0 radical (unpaired) electrons. The summed E-state index contributed by atoms with van der Waals surface area (Å²) in [6.45, 7) is 8.37. The molecule has 0 aromatic rings. The summed E-state index contributed by atoms with van der Waals surface area (Å²) in [5.41, 5.74) is 0. The lowest BCUT2D eigenvalue weighted by molar-refractivity contribution is 0.354. The Hall–Kier alpha value is -0.200. The van der Waals surface area contributed by atoms with Crippen molar-refractivity contribution in [2.24, 2.45) is 0 Å². The predicted molar refractivity (Wildman–Crippen MR) is 66.4 cm³/mol. The molecule has 0 saturated heterocycles. The molecule has 0 saturated carbocycles. The lowest BCUT2D eigenvalue weighted by atomic mass is 10.1. The van der Waals surface area contributed by atoms with Crippen LogP contribution in [0.25, 0.3) is 0 Å². The van der Waals surface area contributed by atoms with Gasteiger partial charge in [-0.2, -0.15) is 0 Å². The molecule has 3 heteroatoms. The Balaban J connectivity index is 3.35. The molecule has 0 aliphatic heterocycles. The SMILES string of the molecule is C=C(CCCCCCCC)[P+](=O)OCC. The molecule has 0 bridgehead atoms. The summed E-state index contributed by atoms with van der Waals surface area (Å²) in [4.78, 5) is 0. The van der Waals surface area contributed by atoms with Crippen LogP contribution >= 0.6 is 8.03 Å². The highest BCUT2D eigenvalue weighted by Gasteiger charge is 2.21. The largest absolute Gasteiger partial charge is 0.543 e. The molecule has 1 atom stereocenters. The average molecular weight is 231 g/mol. The minimum Gasteiger partial charge on any atom is -0.142 e. The standard InChI is InChI=1S/C12H24O2P/c1-4-6-7-8-9-10-11-12(3)15(13)14-5-2/h3-11H2,1-2H3/q+1. The van der Waals surface area contributed by atoms with Crippen molar-refractivity contribution >= 4 is 8.03 Å². The molecule has 88 valence electrons. The lowest BCUT2D eigenvalue weighted by Crippen LogP contribution is -1.83. The second-order valence-electron chi connectivity index (χ2n) is 3.76. The van der Waals surface area contributed by atoms with Crippen molar-refractivity contribution in [3.63, 3.8) is 0 Å². The number of hydrogen-bond acceptors (Lipinski definition) is 2. The van der Waals surface area contributed by atoms with Gasteiger partial charge in [0, 0.05) is 6.42 Å². The van der Waals surface area contributed by atoms with Crippen molar-refractivity contribution < 1.29 is 9.09 Å². The van der Waals surface area contributed by atoms with Crippen LogP contribution in [-0.4, -0.2) is 6.61 Å². The highest BCUT2D eigenvalue weighted by molar-refractivity contribution is 7.44. The molecule has 0 aliphatic carbocycles. The van der Waals surface area contributed by atoms with Gasteiger partial charge in [-0.3, -0.25) is 0 Å². The Labute approximate surface area is 95.0 Å². The van der Waals surface area contributed by atoms with Gasteiger partial charge in [0.1, 0.15) is 6.61 Å². The van der Waals surface area contributed by atoms with E-state index in [0.717, 1.165) is 18.2 Å². The van der Waals surface area contributed by atoms with Crippen LogP contribution in [0, 0.1) is 0 Å². The molecule has 0 heterocycles. The van der Waals surface area contributed by atoms with Gasteiger partial charge >= 0.3 is 8.03 Å². The summed E-state index contributed by atoms with van der Waals surface area (Å²) in [6, 6.07) is 0. The molecule has 0 spiro atoms. The van der Waals surface area contributed by atoms with Crippen molar-refractivity contribution in [2.75, 3.05) is 6.61 Å². The maximum atomic E-state index is 11.3. The van der Waals surface area contributed by atoms with E-state index in [2.05, 4.69) is 13.5 Å². The zero-order valence-electron chi connectivity index (χ0n) is 10.1. The van der Waals surface area contributed by atoms with Crippen LogP contribution in [0.5, 0.6) is 0 Å². The van der Waals surface area contributed by atoms with Crippen molar-refractivity contribution in [2.45, 2.75) is 58.8 Å². The van der Waals surface area contributed by atoms with Gasteiger partial charge in [0.2, 0.25) is 0 Å². The van der Waals surface area contributed by atoms with E-state index in [-0.39, 0.29) is 0 Å². The van der Waals surface area contributed by atoms with Gasteiger partial charge in [-0.15, -0.1) is 4.52 Å². The van der Waals surface area contributed by atoms with E-state index in [1.165, 1.54) is 32.1 Å². The first-order valence-electron chi connectivity index (χ1n) is 6.00. The lowest BCUT2D eigenvalue weighted by Gasteiger charge is -1.97. The van der Waals surface area contributed by atoms with Gasteiger partial charge in [-0.05, 0) is 24.5 Å².